The van der Waals surface area contributed by atoms with Crippen LogP contribution in [-0.4, -0.2) is 29.9 Å². The van der Waals surface area contributed by atoms with Gasteiger partial charge in [-0.3, -0.25) is 14.9 Å². The predicted molar refractivity (Wildman–Crippen MR) is 58.4 cm³/mol. The van der Waals surface area contributed by atoms with Crippen molar-refractivity contribution in [3.63, 3.8) is 0 Å². The number of imide groups is 1. The van der Waals surface area contributed by atoms with Gasteiger partial charge in [-0.15, -0.1) is 0 Å². The Morgan fingerprint density at radius 3 is 2.38 bits per heavy atom. The molecule has 1 aromatic heterocycles. The zero-order chi connectivity index (χ0) is 11.7. The molecule has 2 heterocycles. The molecule has 0 atom stereocenters. The number of anilines is 3. The van der Waals surface area contributed by atoms with Crippen molar-refractivity contribution >= 4 is 29.1 Å². The van der Waals surface area contributed by atoms with Gasteiger partial charge in [0.25, 0.3) is 0 Å². The van der Waals surface area contributed by atoms with E-state index in [2.05, 4.69) is 10.3 Å². The second-order valence-corrected chi connectivity index (χ2v) is 3.47. The van der Waals surface area contributed by atoms with Crippen molar-refractivity contribution in [3.05, 3.63) is 12.1 Å². The van der Waals surface area contributed by atoms with Crippen molar-refractivity contribution < 1.29 is 9.59 Å². The van der Waals surface area contributed by atoms with Crippen molar-refractivity contribution in [1.29, 1.82) is 0 Å². The fourth-order valence-corrected chi connectivity index (χ4v) is 1.45. The molecular weight excluding hydrogens is 210 g/mol. The Hall–Kier alpha value is -2.31. The summed E-state index contributed by atoms with van der Waals surface area (Å²) >= 11 is 0. The minimum absolute atomic E-state index is 0.0854. The van der Waals surface area contributed by atoms with Crippen LogP contribution in [0.25, 0.3) is 0 Å². The van der Waals surface area contributed by atoms with Gasteiger partial charge in [0.05, 0.1) is 18.8 Å². The highest BCUT2D eigenvalue weighted by atomic mass is 16.2. The molecule has 0 aromatic carbocycles. The monoisotopic (exact) mass is 221 g/mol. The third-order valence-electron chi connectivity index (χ3n) is 2.21. The fraction of sp³-hybridized carbons (Fsp3) is 0.222. The summed E-state index contributed by atoms with van der Waals surface area (Å²) in [5.41, 5.74) is 11.4. The van der Waals surface area contributed by atoms with Crippen LogP contribution in [-0.2, 0) is 9.59 Å². The lowest BCUT2D eigenvalue weighted by Crippen LogP contribution is -2.51. The maximum atomic E-state index is 11.2. The summed E-state index contributed by atoms with van der Waals surface area (Å²) < 4.78 is 0. The minimum atomic E-state index is -0.353. The Morgan fingerprint density at radius 2 is 1.81 bits per heavy atom. The van der Waals surface area contributed by atoms with Gasteiger partial charge in [0.2, 0.25) is 11.8 Å². The normalized spacial score (nSPS) is 16.1. The van der Waals surface area contributed by atoms with Crippen LogP contribution in [0.2, 0.25) is 0 Å². The first-order chi connectivity index (χ1) is 7.56. The lowest BCUT2D eigenvalue weighted by molar-refractivity contribution is -0.130. The molecule has 0 bridgehead atoms. The Morgan fingerprint density at radius 1 is 1.19 bits per heavy atom. The summed E-state index contributed by atoms with van der Waals surface area (Å²) in [6.45, 7) is 0.171. The molecule has 1 fully saturated rings. The summed E-state index contributed by atoms with van der Waals surface area (Å²) in [6, 6.07) is 3.21. The Balaban J connectivity index is 2.26. The second-order valence-electron chi connectivity index (χ2n) is 3.47. The zero-order valence-electron chi connectivity index (χ0n) is 8.43. The van der Waals surface area contributed by atoms with E-state index >= 15 is 0 Å². The summed E-state index contributed by atoms with van der Waals surface area (Å²) in [6.07, 6.45) is 0. The molecule has 1 saturated heterocycles. The van der Waals surface area contributed by atoms with Gasteiger partial charge in [-0.25, -0.2) is 4.98 Å². The van der Waals surface area contributed by atoms with E-state index < -0.39 is 0 Å². The number of pyridine rings is 1. The summed E-state index contributed by atoms with van der Waals surface area (Å²) in [4.78, 5) is 27.9. The minimum Gasteiger partial charge on any atom is -0.396 e. The standard InChI is InChI=1S/C9H11N5O2/c10-5-1-2-6(12-9(5)11)14-3-7(15)13-8(16)4-14/h1-2H,3-4,10H2,(H2,11,12)(H,13,15,16). The van der Waals surface area contributed by atoms with Crippen molar-refractivity contribution in [1.82, 2.24) is 10.3 Å². The summed E-state index contributed by atoms with van der Waals surface area (Å²) in [7, 11) is 0. The van der Waals surface area contributed by atoms with Gasteiger partial charge in [-0.05, 0) is 12.1 Å². The molecule has 0 unspecified atom stereocenters. The van der Waals surface area contributed by atoms with Gasteiger partial charge < -0.3 is 16.4 Å². The van der Waals surface area contributed by atoms with E-state index in [4.69, 9.17) is 11.5 Å². The molecule has 7 heteroatoms. The van der Waals surface area contributed by atoms with Crippen LogP contribution in [0.1, 0.15) is 0 Å². The van der Waals surface area contributed by atoms with Gasteiger partial charge >= 0.3 is 0 Å². The molecule has 1 aliphatic rings. The summed E-state index contributed by atoms with van der Waals surface area (Å²) in [5.74, 6) is -0.0484. The van der Waals surface area contributed by atoms with E-state index in [9.17, 15) is 9.59 Å². The van der Waals surface area contributed by atoms with Gasteiger partial charge in [0, 0.05) is 0 Å². The maximum absolute atomic E-state index is 11.2. The molecule has 0 aliphatic carbocycles. The molecule has 16 heavy (non-hydrogen) atoms. The van der Waals surface area contributed by atoms with Crippen LogP contribution >= 0.6 is 0 Å². The molecule has 7 nitrogen and oxygen atoms in total. The number of amides is 2. The number of carbonyl (C=O) groups excluding carboxylic acids is 2. The SMILES string of the molecule is Nc1ccc(N2CC(=O)NC(=O)C2)nc1N. The number of nitrogens with one attached hydrogen (secondary N) is 1. The van der Waals surface area contributed by atoms with Crippen molar-refractivity contribution in [2.24, 2.45) is 0 Å². The Kier molecular flexibility index (Phi) is 2.35. The topological polar surface area (TPSA) is 114 Å². The van der Waals surface area contributed by atoms with Crippen molar-refractivity contribution in [3.8, 4) is 0 Å². The predicted octanol–water partition coefficient (Wildman–Crippen LogP) is -1.29. The highest BCUT2D eigenvalue weighted by Gasteiger charge is 2.23. The number of piperazine rings is 1. The zero-order valence-corrected chi connectivity index (χ0v) is 8.43. The van der Waals surface area contributed by atoms with Crippen LogP contribution in [0.5, 0.6) is 0 Å². The number of hydrogen-bond donors (Lipinski definition) is 3. The molecule has 1 aliphatic heterocycles. The van der Waals surface area contributed by atoms with E-state index in [0.29, 0.717) is 11.5 Å². The number of rotatable bonds is 1. The molecule has 1 aromatic rings. The van der Waals surface area contributed by atoms with E-state index in [1.807, 2.05) is 0 Å². The second kappa shape index (κ2) is 3.69. The number of nitrogens with two attached hydrogens (primary N) is 2. The Bertz CT molecular complexity index is 443. The van der Waals surface area contributed by atoms with E-state index in [1.165, 1.54) is 4.90 Å². The third-order valence-corrected chi connectivity index (χ3v) is 2.21. The van der Waals surface area contributed by atoms with Crippen LogP contribution in [0.15, 0.2) is 12.1 Å². The molecule has 0 saturated carbocycles. The largest absolute Gasteiger partial charge is 0.396 e. The maximum Gasteiger partial charge on any atom is 0.246 e. The van der Waals surface area contributed by atoms with Gasteiger partial charge in [0.1, 0.15) is 11.6 Å². The molecule has 0 radical (unpaired) electrons. The molecule has 2 amide bonds. The highest BCUT2D eigenvalue weighted by molar-refractivity contribution is 6.02. The van der Waals surface area contributed by atoms with Crippen LogP contribution in [0.3, 0.4) is 0 Å². The average Bonchev–Trinajstić information content (AvgIpc) is 2.20. The molecule has 84 valence electrons. The quantitative estimate of drug-likeness (QED) is 0.508. The van der Waals surface area contributed by atoms with Gasteiger partial charge in [0.15, 0.2) is 0 Å². The van der Waals surface area contributed by atoms with Crippen LogP contribution in [0, 0.1) is 0 Å². The van der Waals surface area contributed by atoms with Gasteiger partial charge in [-0.1, -0.05) is 0 Å². The van der Waals surface area contributed by atoms with Crippen molar-refractivity contribution in [2.45, 2.75) is 0 Å². The lowest BCUT2D eigenvalue weighted by atomic mass is 10.3. The first-order valence-electron chi connectivity index (χ1n) is 4.66. The van der Waals surface area contributed by atoms with E-state index in [1.54, 1.807) is 12.1 Å². The van der Waals surface area contributed by atoms with Crippen LogP contribution in [0.4, 0.5) is 17.3 Å². The first kappa shape index (κ1) is 10.2. The number of aromatic nitrogens is 1. The highest BCUT2D eigenvalue weighted by Crippen LogP contribution is 2.18. The first-order valence-corrected chi connectivity index (χ1v) is 4.66. The number of hydrogen-bond acceptors (Lipinski definition) is 6. The summed E-state index contributed by atoms with van der Waals surface area (Å²) in [5, 5.41) is 2.20. The number of nitrogen functional groups attached to an aromatic ring is 2. The number of nitrogens with zero attached hydrogens (tertiary/aromatic N) is 2. The molecule has 2 rings (SSSR count). The molecular formula is C9H11N5O2. The smallest absolute Gasteiger partial charge is 0.246 e. The average molecular weight is 221 g/mol. The number of carbonyl (C=O) groups is 2. The van der Waals surface area contributed by atoms with Crippen molar-refractivity contribution in [2.75, 3.05) is 29.5 Å². The van der Waals surface area contributed by atoms with Crippen LogP contribution < -0.4 is 21.7 Å². The Labute approximate surface area is 91.4 Å². The third kappa shape index (κ3) is 1.88. The fourth-order valence-electron chi connectivity index (χ4n) is 1.45. The lowest BCUT2D eigenvalue weighted by Gasteiger charge is -2.26. The van der Waals surface area contributed by atoms with E-state index in [0.717, 1.165) is 0 Å². The molecule has 0 spiro atoms. The van der Waals surface area contributed by atoms with E-state index in [-0.39, 0.29) is 30.7 Å². The van der Waals surface area contributed by atoms with Gasteiger partial charge in [-0.2, -0.15) is 0 Å². The molecule has 5 N–H and O–H groups in total.